The predicted molar refractivity (Wildman–Crippen MR) is 127 cm³/mol. The zero-order valence-corrected chi connectivity index (χ0v) is 19.3. The van der Waals surface area contributed by atoms with Gasteiger partial charge in [-0.15, -0.1) is 0 Å². The van der Waals surface area contributed by atoms with Crippen molar-refractivity contribution in [2.45, 2.75) is 39.7 Å². The van der Waals surface area contributed by atoms with Gasteiger partial charge in [-0.2, -0.15) is 5.10 Å². The normalized spacial score (nSPS) is 19.8. The number of nitrogens with one attached hydrogen (secondary N) is 1. The number of rotatable bonds is 5. The minimum absolute atomic E-state index is 0.0512. The molecule has 7 nitrogen and oxygen atoms in total. The molecule has 0 bridgehead atoms. The number of hydrogen-bond donors (Lipinski definition) is 2. The molecule has 1 aliphatic carbocycles. The molecule has 3 N–H and O–H groups in total. The zero-order valence-electron chi connectivity index (χ0n) is 19.3. The van der Waals surface area contributed by atoms with E-state index in [0.717, 1.165) is 29.5 Å². The standard InChI is InChI=1S/C25H31N5O2/c1-15-9-10-21(25(15,2)3)28-22-19(23(26)31)13-27-30-14-18(12-20(22)30)16-7-6-8-17(11-16)24(32)29(4)5/h6-8,11-15,21,28H,9-10H2,1-5H3,(H2,26,31)/t15?,21-/m1/s1. The second kappa shape index (κ2) is 7.97. The summed E-state index contributed by atoms with van der Waals surface area (Å²) in [4.78, 5) is 26.2. The van der Waals surface area contributed by atoms with Crippen LogP contribution in [-0.2, 0) is 0 Å². The fraction of sp³-hybridized carbons (Fsp3) is 0.400. The molecular formula is C25H31N5O2. The number of nitrogens with two attached hydrogens (primary N) is 1. The maximum absolute atomic E-state index is 12.4. The van der Waals surface area contributed by atoms with E-state index in [2.05, 4.69) is 31.2 Å². The lowest BCUT2D eigenvalue weighted by molar-refractivity contribution is 0.0827. The first-order valence-corrected chi connectivity index (χ1v) is 11.0. The van der Waals surface area contributed by atoms with Crippen LogP contribution in [0, 0.1) is 11.3 Å². The van der Waals surface area contributed by atoms with Crippen molar-refractivity contribution in [1.82, 2.24) is 14.5 Å². The Morgan fingerprint density at radius 2 is 1.94 bits per heavy atom. The summed E-state index contributed by atoms with van der Waals surface area (Å²) in [5, 5.41) is 8.06. The van der Waals surface area contributed by atoms with Crippen LogP contribution in [0.1, 0.15) is 54.3 Å². The molecule has 32 heavy (non-hydrogen) atoms. The number of nitrogens with zero attached hydrogens (tertiary/aromatic N) is 3. The number of hydrogen-bond acceptors (Lipinski definition) is 4. The van der Waals surface area contributed by atoms with Gasteiger partial charge in [-0.05, 0) is 47.9 Å². The van der Waals surface area contributed by atoms with Gasteiger partial charge in [-0.1, -0.05) is 32.9 Å². The SMILES string of the molecule is CC1CC[C@@H](Nc2c(C(N)=O)cnn3cc(-c4cccc(C(=O)N(C)C)c4)cc23)C1(C)C. The molecule has 2 atom stereocenters. The molecule has 2 aromatic heterocycles. The summed E-state index contributed by atoms with van der Waals surface area (Å²) in [6.45, 7) is 6.80. The molecule has 168 valence electrons. The molecule has 0 aliphatic heterocycles. The Labute approximate surface area is 188 Å². The number of amides is 2. The summed E-state index contributed by atoms with van der Waals surface area (Å²) in [5.41, 5.74) is 10.1. The van der Waals surface area contributed by atoms with Gasteiger partial charge in [0.25, 0.3) is 11.8 Å². The number of aromatic nitrogens is 2. The highest BCUT2D eigenvalue weighted by Gasteiger charge is 2.41. The lowest BCUT2D eigenvalue weighted by Crippen LogP contribution is -2.35. The number of carbonyl (C=O) groups is 2. The Hall–Kier alpha value is -3.35. The number of fused-ring (bicyclic) bond motifs is 1. The molecule has 4 rings (SSSR count). The van der Waals surface area contributed by atoms with E-state index in [-0.39, 0.29) is 17.4 Å². The van der Waals surface area contributed by atoms with Crippen LogP contribution < -0.4 is 11.1 Å². The topological polar surface area (TPSA) is 92.7 Å². The van der Waals surface area contributed by atoms with Crippen molar-refractivity contribution < 1.29 is 9.59 Å². The van der Waals surface area contributed by atoms with Crippen molar-refractivity contribution >= 4 is 23.0 Å². The Kier molecular flexibility index (Phi) is 5.44. The molecule has 1 unspecified atom stereocenters. The van der Waals surface area contributed by atoms with E-state index < -0.39 is 5.91 Å². The molecule has 0 saturated heterocycles. The molecule has 0 spiro atoms. The van der Waals surface area contributed by atoms with Crippen molar-refractivity contribution in [1.29, 1.82) is 0 Å². The van der Waals surface area contributed by atoms with Crippen LogP contribution in [0.25, 0.3) is 16.6 Å². The monoisotopic (exact) mass is 433 g/mol. The average molecular weight is 434 g/mol. The minimum Gasteiger partial charge on any atom is -0.379 e. The van der Waals surface area contributed by atoms with Crippen molar-refractivity contribution in [2.75, 3.05) is 19.4 Å². The third-order valence-electron chi connectivity index (χ3n) is 7.13. The Balaban J connectivity index is 1.80. The molecule has 2 heterocycles. The van der Waals surface area contributed by atoms with Gasteiger partial charge in [0, 0.05) is 37.5 Å². The number of benzene rings is 1. The van der Waals surface area contributed by atoms with Crippen LogP contribution in [0.3, 0.4) is 0 Å². The summed E-state index contributed by atoms with van der Waals surface area (Å²) in [6.07, 6.45) is 5.60. The lowest BCUT2D eigenvalue weighted by Gasteiger charge is -2.33. The molecule has 7 heteroatoms. The third kappa shape index (κ3) is 3.72. The van der Waals surface area contributed by atoms with E-state index in [1.807, 2.05) is 30.5 Å². The molecule has 1 fully saturated rings. The number of anilines is 1. The maximum Gasteiger partial charge on any atom is 0.253 e. The molecule has 2 amide bonds. The van der Waals surface area contributed by atoms with Crippen LogP contribution >= 0.6 is 0 Å². The molecule has 0 radical (unpaired) electrons. The molecule has 3 aromatic rings. The summed E-state index contributed by atoms with van der Waals surface area (Å²) >= 11 is 0. The highest BCUT2D eigenvalue weighted by Crippen LogP contribution is 2.44. The molecule has 1 saturated carbocycles. The Bertz CT molecular complexity index is 1190. The quantitative estimate of drug-likeness (QED) is 0.635. The van der Waals surface area contributed by atoms with Gasteiger partial charge < -0.3 is 16.0 Å². The Morgan fingerprint density at radius 1 is 1.19 bits per heavy atom. The van der Waals surface area contributed by atoms with Crippen molar-refractivity contribution in [2.24, 2.45) is 17.1 Å². The number of primary amides is 1. The first-order chi connectivity index (χ1) is 15.1. The fourth-order valence-electron chi connectivity index (χ4n) is 4.58. The van der Waals surface area contributed by atoms with Gasteiger partial charge in [0.1, 0.15) is 0 Å². The lowest BCUT2D eigenvalue weighted by atomic mass is 9.80. The van der Waals surface area contributed by atoms with E-state index in [1.54, 1.807) is 29.6 Å². The largest absolute Gasteiger partial charge is 0.379 e. The maximum atomic E-state index is 12.4. The van der Waals surface area contributed by atoms with Crippen LogP contribution in [0.15, 0.2) is 42.7 Å². The van der Waals surface area contributed by atoms with E-state index in [0.29, 0.717) is 22.7 Å². The van der Waals surface area contributed by atoms with E-state index in [1.165, 1.54) is 6.20 Å². The molecule has 1 aliphatic rings. The van der Waals surface area contributed by atoms with Crippen LogP contribution in [0.2, 0.25) is 0 Å². The molecule has 1 aromatic carbocycles. The van der Waals surface area contributed by atoms with Gasteiger partial charge in [-0.3, -0.25) is 9.59 Å². The zero-order chi connectivity index (χ0) is 23.2. The first kappa shape index (κ1) is 21.9. The van der Waals surface area contributed by atoms with Gasteiger partial charge in [-0.25, -0.2) is 4.52 Å². The average Bonchev–Trinajstić information content (AvgIpc) is 3.29. The highest BCUT2D eigenvalue weighted by molar-refractivity contribution is 6.02. The van der Waals surface area contributed by atoms with Crippen molar-refractivity contribution in [3.05, 3.63) is 53.9 Å². The Morgan fingerprint density at radius 3 is 2.56 bits per heavy atom. The van der Waals surface area contributed by atoms with E-state index in [4.69, 9.17) is 5.73 Å². The summed E-state index contributed by atoms with van der Waals surface area (Å²) in [6, 6.07) is 9.74. The summed E-state index contributed by atoms with van der Waals surface area (Å²) < 4.78 is 1.76. The van der Waals surface area contributed by atoms with Crippen LogP contribution in [0.4, 0.5) is 5.69 Å². The van der Waals surface area contributed by atoms with E-state index in [9.17, 15) is 9.59 Å². The highest BCUT2D eigenvalue weighted by atomic mass is 16.2. The van der Waals surface area contributed by atoms with E-state index >= 15 is 0 Å². The van der Waals surface area contributed by atoms with Crippen LogP contribution in [-0.4, -0.2) is 46.5 Å². The fourth-order valence-corrected chi connectivity index (χ4v) is 4.58. The smallest absolute Gasteiger partial charge is 0.253 e. The summed E-state index contributed by atoms with van der Waals surface area (Å²) in [5.74, 6) is 0.0200. The second-order valence-corrected chi connectivity index (χ2v) is 9.63. The minimum atomic E-state index is -0.507. The summed E-state index contributed by atoms with van der Waals surface area (Å²) in [7, 11) is 3.47. The van der Waals surface area contributed by atoms with Gasteiger partial charge in [0.05, 0.1) is 23.0 Å². The van der Waals surface area contributed by atoms with Crippen molar-refractivity contribution in [3.8, 4) is 11.1 Å². The van der Waals surface area contributed by atoms with Gasteiger partial charge in [0.15, 0.2) is 0 Å². The third-order valence-corrected chi connectivity index (χ3v) is 7.13. The molecular weight excluding hydrogens is 402 g/mol. The predicted octanol–water partition coefficient (Wildman–Crippen LogP) is 4.04. The first-order valence-electron chi connectivity index (χ1n) is 11.0. The van der Waals surface area contributed by atoms with Crippen LogP contribution in [0.5, 0.6) is 0 Å². The van der Waals surface area contributed by atoms with Crippen molar-refractivity contribution in [3.63, 3.8) is 0 Å². The number of carbonyl (C=O) groups excluding carboxylic acids is 2. The van der Waals surface area contributed by atoms with Gasteiger partial charge >= 0.3 is 0 Å². The second-order valence-electron chi connectivity index (χ2n) is 9.63. The van der Waals surface area contributed by atoms with Gasteiger partial charge in [0.2, 0.25) is 0 Å².